The number of likely N-dealkylation sites (N-methyl/N-ethyl adjacent to an activating group) is 2. The number of amides is 8. The summed E-state index contributed by atoms with van der Waals surface area (Å²) in [7, 11) is 1.73. The Hall–Kier alpha value is -12.0. The Morgan fingerprint density at radius 1 is 0.376 bits per heavy atom. The van der Waals surface area contributed by atoms with Crippen LogP contribution in [0.1, 0.15) is 246 Å². The Balaban J connectivity index is 0.000000135. The van der Waals surface area contributed by atoms with E-state index >= 15 is 0 Å². The topological polar surface area (TPSA) is 375 Å². The Bertz CT molecular complexity index is 6630. The fraction of sp³-hybridized carbons (Fsp3) is 0.491. The Labute approximate surface area is 887 Å². The smallest absolute Gasteiger partial charge is 0.249 e. The minimum absolute atomic E-state index is 0.00832. The van der Waals surface area contributed by atoms with Gasteiger partial charge in [0.2, 0.25) is 58.4 Å². The van der Waals surface area contributed by atoms with Crippen LogP contribution in [0, 0.1) is 42.4 Å². The number of para-hydroxylation sites is 2. The molecule has 6 aromatic carbocycles. The summed E-state index contributed by atoms with van der Waals surface area (Å²) in [6, 6.07) is 42.5. The predicted molar refractivity (Wildman–Crippen MR) is 590 cm³/mol. The van der Waals surface area contributed by atoms with Crippen molar-refractivity contribution in [1.82, 2.24) is 81.4 Å². The van der Waals surface area contributed by atoms with Gasteiger partial charge in [-0.3, -0.25) is 52.7 Å². The number of hydrogen-bond donors (Lipinski definition) is 8. The summed E-state index contributed by atoms with van der Waals surface area (Å²) in [4.78, 5) is 177. The molecule has 0 unspecified atom stereocenters. The third-order valence-corrected chi connectivity index (χ3v) is 35.5. The van der Waals surface area contributed by atoms with Gasteiger partial charge in [0, 0.05) is 155 Å². The van der Waals surface area contributed by atoms with E-state index in [1.165, 1.54) is 39.5 Å². The van der Waals surface area contributed by atoms with Gasteiger partial charge in [-0.05, 0) is 213 Å². The molecular formula is C116H142N16O13S4. The minimum atomic E-state index is -0.630. The first-order chi connectivity index (χ1) is 72.3. The molecule has 12 heterocycles. The van der Waals surface area contributed by atoms with E-state index in [0.717, 1.165) is 208 Å². The van der Waals surface area contributed by atoms with E-state index in [0.29, 0.717) is 84.8 Å². The number of fused-ring (bicyclic) bond motifs is 4. The molecule has 8 amide bonds. The number of aromatic amines is 2. The number of aromatic nitrogens is 6. The Morgan fingerprint density at radius 3 is 1.13 bits per heavy atom. The molecular weight excluding hydrogens is 1950 g/mol. The van der Waals surface area contributed by atoms with E-state index in [4.69, 9.17) is 29.4 Å². The number of rotatable bonds is 29. The maximum absolute atomic E-state index is 14.1. The molecule has 29 nitrogen and oxygen atoms in total. The maximum atomic E-state index is 14.1. The van der Waals surface area contributed by atoms with Gasteiger partial charge in [0.1, 0.15) is 50.0 Å². The number of pyridine rings is 2. The van der Waals surface area contributed by atoms with E-state index in [-0.39, 0.29) is 130 Å². The third kappa shape index (κ3) is 25.4. The molecule has 6 aliphatic heterocycles. The molecule has 2 saturated carbocycles. The highest BCUT2D eigenvalue weighted by atomic mass is 32.1. The van der Waals surface area contributed by atoms with E-state index in [2.05, 4.69) is 126 Å². The summed E-state index contributed by atoms with van der Waals surface area (Å²) in [6.07, 6.45) is 19.1. The molecule has 6 saturated heterocycles. The molecule has 2 aliphatic carbocycles. The molecule has 8 fully saturated rings. The summed E-state index contributed by atoms with van der Waals surface area (Å²) in [5.41, 5.74) is 9.66. The molecule has 8 aliphatic rings. The van der Waals surface area contributed by atoms with Crippen molar-refractivity contribution < 1.29 is 52.6 Å². The average molecular weight is 2100 g/mol. The Morgan fingerprint density at radius 2 is 0.725 bits per heavy atom. The van der Waals surface area contributed by atoms with Crippen molar-refractivity contribution in [2.24, 2.45) is 35.5 Å². The minimum Gasteiger partial charge on any atom is -0.381 e. The maximum Gasteiger partial charge on any atom is 0.249 e. The molecule has 149 heavy (non-hydrogen) atoms. The van der Waals surface area contributed by atoms with Crippen molar-refractivity contribution in [1.29, 1.82) is 0 Å². The SMILES string of the molecule is CCN[C@@H](C)C(=O)N[C@H](C(=O)N1CCC[C@H]1c1nc(-c2ccc(C)c3ccccc23)cs1)C1CCOCC1.CC[C@@H](C)C(=O)N[C@H](C(=O)N1CCC[C@H]1c1nc(-c2cc(=O)[nH]c3ccccc23)cs1)C1CCCCC1.CC[C@@H](C)C(=O)N[C@H](C(=O)N1CCC[C@H]1c1nc(-c2cc(=O)[nH]c3ccccc23)cs1)C1CCOCC1.CN[C@@H](C)C(=O)N[C@H](C(=O)N1CCC[C@H]1c1nc(-c2cccc3ccccc23)cs1)C1CCC(=O)CC1. The first-order valence-electron chi connectivity index (χ1n) is 53.9. The normalized spacial score (nSPS) is 20.1. The molecule has 788 valence electrons. The van der Waals surface area contributed by atoms with E-state index in [9.17, 15) is 52.7 Å². The molecule has 12 aromatic rings. The number of likely N-dealkylation sites (tertiary alicyclic amines) is 4. The van der Waals surface area contributed by atoms with Gasteiger partial charge < -0.3 is 70.9 Å². The highest BCUT2D eigenvalue weighted by molar-refractivity contribution is 7.11. The number of carbonyl (C=O) groups excluding carboxylic acids is 9. The van der Waals surface area contributed by atoms with Gasteiger partial charge in [-0.2, -0.15) is 0 Å². The van der Waals surface area contributed by atoms with Crippen LogP contribution in [0.4, 0.5) is 0 Å². The molecule has 0 bridgehead atoms. The van der Waals surface area contributed by atoms with Crippen LogP contribution in [0.15, 0.2) is 171 Å². The number of benzene rings is 6. The summed E-state index contributed by atoms with van der Waals surface area (Å²) in [5, 5.41) is 37.0. The molecule has 33 heteroatoms. The van der Waals surface area contributed by atoms with Gasteiger partial charge in [-0.15, -0.1) is 45.3 Å². The number of ketones is 1. The van der Waals surface area contributed by atoms with Gasteiger partial charge in [-0.25, -0.2) is 19.9 Å². The number of H-pyrrole nitrogens is 2. The summed E-state index contributed by atoms with van der Waals surface area (Å²) < 4.78 is 11.1. The molecule has 20 rings (SSSR count). The standard InChI is InChI=1S/C30H38N4O3S.C29H34N4O3S.C29H36N4O3S.C28H34N4O4S/c1-4-31-20(3)28(35)33-27(21-13-16-37-17-14-21)30(36)34-15-7-10-26(34)29-32-25(18-38-29)24-12-11-19(2)22-8-5-6-9-23(22)24;1-18(30-2)27(35)32-26(20-12-14-21(34)15-13-20)29(36)33-16-6-11-25(33)28-31-24(17-37-28)23-10-5-8-19-7-3-4-9-22(19)23;1-3-18(2)27(35)32-26(19-10-5-4-6-11-19)29(36)33-15-9-14-24(33)28-31-23(17-37-28)21-16-25(34)30-22-13-8-7-12-20(21)22;1-3-17(2)26(34)31-25(18-10-13-36-14-11-18)28(35)32-12-6-9-23(32)27-30-22(16-37-27)20-15-24(33)29-21-8-5-4-7-19(20)21/h5-6,8-9,11-12,18,20-21,26-27,31H,4,7,10,13-17H2,1-3H3,(H,33,35);3-5,7-10,17-18,20,25-26,30H,6,11-16H2,1-2H3,(H,32,35);7-8,12-13,16-19,24,26H,3-6,9-11,14-15H2,1-2H3,(H,30,34)(H,32,35);4-5,7-8,15-18,23,25H,3,6,9-14H2,1-2H3,(H,29,33)(H,31,34)/t20-,26-,27-;18-,25-,26-;18-,24+,26+;17-,23+,25+/m0011/s1. The fourth-order valence-electron chi connectivity index (χ4n) is 22.5. The van der Waals surface area contributed by atoms with Crippen LogP contribution < -0.4 is 43.0 Å². The Kier molecular flexibility index (Phi) is 36.9. The van der Waals surface area contributed by atoms with Gasteiger partial charge >= 0.3 is 0 Å². The van der Waals surface area contributed by atoms with Crippen molar-refractivity contribution >= 4 is 142 Å². The zero-order chi connectivity index (χ0) is 104. The largest absolute Gasteiger partial charge is 0.381 e. The van der Waals surface area contributed by atoms with Crippen LogP contribution in [0.25, 0.3) is 88.4 Å². The number of nitrogens with zero attached hydrogens (tertiary/aromatic N) is 8. The second-order valence-electron chi connectivity index (χ2n) is 41.3. The predicted octanol–water partition coefficient (Wildman–Crippen LogP) is 19.0. The number of thiazole rings is 4. The number of nitrogens with one attached hydrogen (secondary N) is 8. The van der Waals surface area contributed by atoms with Crippen molar-refractivity contribution in [2.45, 2.75) is 263 Å². The molecule has 8 N–H and O–H groups in total. The zero-order valence-electron chi connectivity index (χ0n) is 87.0. The first kappa shape index (κ1) is 108. The van der Waals surface area contributed by atoms with E-state index in [1.54, 1.807) is 60.1 Å². The second kappa shape index (κ2) is 50.8. The number of aryl methyl sites for hydroxylation is 1. The second-order valence-corrected chi connectivity index (χ2v) is 44.8. The lowest BCUT2D eigenvalue weighted by Gasteiger charge is -2.35. The summed E-state index contributed by atoms with van der Waals surface area (Å²) in [5.74, 6) is -0.202. The van der Waals surface area contributed by atoms with Crippen LogP contribution in [-0.4, -0.2) is 205 Å². The van der Waals surface area contributed by atoms with Gasteiger partial charge in [0.05, 0.1) is 59.0 Å². The van der Waals surface area contributed by atoms with Gasteiger partial charge in [-0.1, -0.05) is 169 Å². The van der Waals surface area contributed by atoms with Gasteiger partial charge in [0.15, 0.2) is 0 Å². The third-order valence-electron chi connectivity index (χ3n) is 31.7. The van der Waals surface area contributed by atoms with Crippen molar-refractivity contribution in [2.75, 3.05) is 66.2 Å². The lowest BCUT2D eigenvalue weighted by Crippen LogP contribution is -2.56. The quantitative estimate of drug-likeness (QED) is 0.0216. The van der Waals surface area contributed by atoms with E-state index in [1.807, 2.05) is 133 Å². The van der Waals surface area contributed by atoms with E-state index < -0.39 is 30.2 Å². The van der Waals surface area contributed by atoms with Crippen LogP contribution in [0.5, 0.6) is 0 Å². The van der Waals surface area contributed by atoms with Crippen molar-refractivity contribution in [3.8, 4) is 45.0 Å². The number of hydrogen-bond acceptors (Lipinski definition) is 23. The fourth-order valence-corrected chi connectivity index (χ4v) is 26.4. The van der Waals surface area contributed by atoms with Crippen LogP contribution in [0.2, 0.25) is 0 Å². The molecule has 12 atom stereocenters. The van der Waals surface area contributed by atoms with Gasteiger partial charge in [0.25, 0.3) is 0 Å². The number of Topliss-reactive ketones (excluding diaryl/α,β-unsaturated/α-hetero) is 1. The first-order valence-corrected chi connectivity index (χ1v) is 57.4. The summed E-state index contributed by atoms with van der Waals surface area (Å²) >= 11 is 6.28. The monoisotopic (exact) mass is 2090 g/mol. The van der Waals surface area contributed by atoms with Crippen LogP contribution in [0.3, 0.4) is 0 Å². The number of carbonyl (C=O) groups is 9. The molecule has 0 radical (unpaired) electrons. The lowest BCUT2D eigenvalue weighted by molar-refractivity contribution is -0.140. The van der Waals surface area contributed by atoms with Crippen LogP contribution >= 0.6 is 45.3 Å². The molecule has 0 spiro atoms. The highest BCUT2D eigenvalue weighted by Gasteiger charge is 2.47. The number of ether oxygens (including phenoxy) is 2. The summed E-state index contributed by atoms with van der Waals surface area (Å²) in [6.45, 7) is 21.3. The van der Waals surface area contributed by atoms with Crippen molar-refractivity contribution in [3.63, 3.8) is 0 Å². The zero-order valence-corrected chi connectivity index (χ0v) is 90.2. The van der Waals surface area contributed by atoms with Crippen LogP contribution in [-0.2, 0) is 52.6 Å². The average Bonchev–Trinajstić information content (AvgIpc) is 1.67. The van der Waals surface area contributed by atoms with Crippen molar-refractivity contribution in [3.05, 3.63) is 207 Å². The molecule has 6 aromatic heterocycles. The lowest BCUT2D eigenvalue weighted by atomic mass is 9.82. The highest BCUT2D eigenvalue weighted by Crippen LogP contribution is 2.46.